The number of benzene rings is 2. The van der Waals surface area contributed by atoms with Gasteiger partial charge in [-0.25, -0.2) is 9.59 Å². The summed E-state index contributed by atoms with van der Waals surface area (Å²) in [5, 5.41) is 5.39. The summed E-state index contributed by atoms with van der Waals surface area (Å²) in [5.41, 5.74) is 0.440. The molecule has 0 radical (unpaired) electrons. The van der Waals surface area contributed by atoms with Crippen LogP contribution in [0.15, 0.2) is 42.5 Å². The molecule has 0 aliphatic carbocycles. The Balaban J connectivity index is 1.99. The number of ketones is 2. The van der Waals surface area contributed by atoms with Crippen molar-refractivity contribution in [3.63, 3.8) is 0 Å². The molecular formula is C49H76N2O10. The van der Waals surface area contributed by atoms with Crippen molar-refractivity contribution in [3.05, 3.63) is 53.6 Å². The minimum Gasteiger partial charge on any atom is -0.490 e. The van der Waals surface area contributed by atoms with Crippen LogP contribution >= 0.6 is 0 Å². The second kappa shape index (κ2) is 29.5. The van der Waals surface area contributed by atoms with Gasteiger partial charge in [0.2, 0.25) is 0 Å². The fourth-order valence-electron chi connectivity index (χ4n) is 6.00. The molecule has 2 aromatic rings. The number of carbonyl (C=O) groups is 4. The van der Waals surface area contributed by atoms with Gasteiger partial charge in [-0.3, -0.25) is 9.59 Å². The molecule has 0 heterocycles. The number of hydrogen-bond acceptors (Lipinski definition) is 10. The normalized spacial score (nSPS) is 11.5. The minimum absolute atomic E-state index is 0.163. The summed E-state index contributed by atoms with van der Waals surface area (Å²) in [4.78, 5) is 49.9. The van der Waals surface area contributed by atoms with E-state index in [0.29, 0.717) is 42.6 Å². The third-order valence-corrected chi connectivity index (χ3v) is 9.07. The van der Waals surface area contributed by atoms with Gasteiger partial charge in [-0.2, -0.15) is 0 Å². The van der Waals surface area contributed by atoms with Gasteiger partial charge in [0.25, 0.3) is 0 Å². The number of nitrogens with one attached hydrogen (secondary N) is 2. The van der Waals surface area contributed by atoms with E-state index in [9.17, 15) is 19.2 Å². The van der Waals surface area contributed by atoms with Crippen molar-refractivity contribution >= 4 is 29.8 Å². The van der Waals surface area contributed by atoms with Crippen LogP contribution in [0, 0.1) is 0 Å². The maximum atomic E-state index is 13.0. The van der Waals surface area contributed by atoms with E-state index in [2.05, 4.69) is 24.5 Å². The molecule has 0 aliphatic rings. The van der Waals surface area contributed by atoms with Crippen LogP contribution in [-0.2, 0) is 25.5 Å². The lowest BCUT2D eigenvalue weighted by molar-refractivity contribution is -0.124. The Morgan fingerprint density at radius 2 is 1.02 bits per heavy atom. The Hall–Kier alpha value is -4.74. The van der Waals surface area contributed by atoms with E-state index in [1.54, 1.807) is 32.9 Å². The molecule has 2 amide bonds. The lowest BCUT2D eigenvalue weighted by Gasteiger charge is -2.20. The highest BCUT2D eigenvalue weighted by molar-refractivity contribution is 6.06. The zero-order valence-electron chi connectivity index (χ0n) is 38.6. The topological polar surface area (TPSA) is 148 Å². The maximum Gasteiger partial charge on any atom is 0.407 e. The van der Waals surface area contributed by atoms with Crippen molar-refractivity contribution < 1.29 is 47.6 Å². The van der Waals surface area contributed by atoms with Gasteiger partial charge >= 0.3 is 12.2 Å². The van der Waals surface area contributed by atoms with Gasteiger partial charge in [0.05, 0.1) is 32.7 Å². The predicted molar refractivity (Wildman–Crippen MR) is 242 cm³/mol. The molecule has 0 aliphatic heterocycles. The molecule has 342 valence electrons. The first-order chi connectivity index (χ1) is 29.1. The summed E-state index contributed by atoms with van der Waals surface area (Å²) in [6.07, 6.45) is 16.1. The summed E-state index contributed by atoms with van der Waals surface area (Å²) >= 11 is 0. The number of alkyl carbamates (subject to hydrolysis) is 2. The van der Waals surface area contributed by atoms with Crippen molar-refractivity contribution in [1.29, 1.82) is 0 Å². The van der Waals surface area contributed by atoms with Gasteiger partial charge in [0, 0.05) is 6.42 Å². The van der Waals surface area contributed by atoms with Crippen LogP contribution in [0.4, 0.5) is 9.59 Å². The lowest BCUT2D eigenvalue weighted by Crippen LogP contribution is -2.34. The summed E-state index contributed by atoms with van der Waals surface area (Å²) in [6.45, 7) is 17.2. The summed E-state index contributed by atoms with van der Waals surface area (Å²) in [6, 6.07) is 11.0. The number of aryl methyl sites for hydroxylation is 1. The zero-order valence-corrected chi connectivity index (χ0v) is 38.6. The first-order valence-corrected chi connectivity index (χ1v) is 22.5. The molecule has 0 aromatic heterocycles. The van der Waals surface area contributed by atoms with Gasteiger partial charge in [0.1, 0.15) is 30.2 Å². The second-order valence-corrected chi connectivity index (χ2v) is 17.3. The summed E-state index contributed by atoms with van der Waals surface area (Å²) < 4.78 is 34.8. The Morgan fingerprint density at radius 3 is 1.52 bits per heavy atom. The molecule has 12 nitrogen and oxygen atoms in total. The molecule has 12 heteroatoms. The third-order valence-electron chi connectivity index (χ3n) is 9.07. The van der Waals surface area contributed by atoms with E-state index in [0.717, 1.165) is 43.2 Å². The van der Waals surface area contributed by atoms with Crippen molar-refractivity contribution in [2.75, 3.05) is 39.5 Å². The Bertz CT molecular complexity index is 1630. The molecule has 2 N–H and O–H groups in total. The van der Waals surface area contributed by atoms with Crippen LogP contribution in [0.25, 0.3) is 6.08 Å². The van der Waals surface area contributed by atoms with Crippen LogP contribution < -0.4 is 29.6 Å². The van der Waals surface area contributed by atoms with Crippen molar-refractivity contribution in [2.45, 2.75) is 163 Å². The number of carbonyl (C=O) groups excluding carboxylic acids is 4. The van der Waals surface area contributed by atoms with Crippen LogP contribution in [0.2, 0.25) is 0 Å². The fourth-order valence-corrected chi connectivity index (χ4v) is 6.00. The third kappa shape index (κ3) is 26.3. The quantitative estimate of drug-likeness (QED) is 0.0427. The molecule has 61 heavy (non-hydrogen) atoms. The van der Waals surface area contributed by atoms with Gasteiger partial charge in [-0.15, -0.1) is 0 Å². The van der Waals surface area contributed by atoms with Gasteiger partial charge in [-0.05, 0) is 102 Å². The smallest absolute Gasteiger partial charge is 0.407 e. The monoisotopic (exact) mass is 853 g/mol. The predicted octanol–water partition coefficient (Wildman–Crippen LogP) is 11.1. The molecule has 0 saturated carbocycles. The SMILES string of the molecule is CCCCCCCCOc1cc(/C=C/C(=O)CC(=O)CCc2ccc(OCCNC(=O)OC(C)(C)C)c(OCCCCCCCC)c2)ccc1OCCNC(=O)OC(C)(C)C. The van der Waals surface area contributed by atoms with Crippen LogP contribution in [0.1, 0.15) is 156 Å². The highest BCUT2D eigenvalue weighted by Gasteiger charge is 2.17. The van der Waals surface area contributed by atoms with Gasteiger partial charge < -0.3 is 39.1 Å². The highest BCUT2D eigenvalue weighted by atomic mass is 16.6. The fraction of sp³-hybridized carbons (Fsp3) is 0.633. The van der Waals surface area contributed by atoms with Crippen molar-refractivity contribution in [2.24, 2.45) is 0 Å². The molecule has 0 saturated heterocycles. The summed E-state index contributed by atoms with van der Waals surface area (Å²) in [7, 11) is 0. The second-order valence-electron chi connectivity index (χ2n) is 17.3. The van der Waals surface area contributed by atoms with Gasteiger partial charge in [0.15, 0.2) is 28.8 Å². The highest BCUT2D eigenvalue weighted by Crippen LogP contribution is 2.31. The van der Waals surface area contributed by atoms with E-state index in [1.807, 2.05) is 51.1 Å². The van der Waals surface area contributed by atoms with Crippen molar-refractivity contribution in [1.82, 2.24) is 10.6 Å². The largest absolute Gasteiger partial charge is 0.490 e. The van der Waals surface area contributed by atoms with E-state index >= 15 is 0 Å². The number of hydrogen-bond donors (Lipinski definition) is 2. The average molecular weight is 853 g/mol. The van der Waals surface area contributed by atoms with E-state index in [1.165, 1.54) is 51.0 Å². The molecule has 0 atom stereocenters. The molecular weight excluding hydrogens is 777 g/mol. The Kier molecular flexibility index (Phi) is 25.3. The maximum absolute atomic E-state index is 13.0. The van der Waals surface area contributed by atoms with Crippen molar-refractivity contribution in [3.8, 4) is 23.0 Å². The molecule has 0 unspecified atom stereocenters. The molecule has 0 fully saturated rings. The van der Waals surface area contributed by atoms with E-state index in [-0.39, 0.29) is 50.7 Å². The average Bonchev–Trinajstić information content (AvgIpc) is 3.18. The van der Waals surface area contributed by atoms with E-state index < -0.39 is 23.4 Å². The lowest BCUT2D eigenvalue weighted by atomic mass is 10.0. The molecule has 2 aromatic carbocycles. The Labute approximate surface area is 366 Å². The molecule has 0 spiro atoms. The number of ether oxygens (including phenoxy) is 6. The van der Waals surface area contributed by atoms with Crippen LogP contribution in [0.5, 0.6) is 23.0 Å². The standard InChI is InChI=1S/C49H76N2O10/c1-9-11-13-15-17-19-31-56-44-35-38(23-27-42(44)58-33-29-50-46(54)60-48(3,4)5)21-25-40(52)37-41(53)26-22-39-24-28-43(59-34-30-51-47(55)61-49(6,7)8)45(36-39)57-32-20-18-16-14-12-10-2/h21,23-25,27-28,35-36H,9-20,22,26,29-34,37H2,1-8H3,(H,50,54)(H,51,55)/b25-21+. The van der Waals surface area contributed by atoms with E-state index in [4.69, 9.17) is 28.4 Å². The number of rotatable bonds is 31. The number of amides is 2. The minimum atomic E-state index is -0.594. The van der Waals surface area contributed by atoms with Crippen LogP contribution in [-0.4, -0.2) is 74.5 Å². The number of Topliss-reactive ketones (excluding diaryl/α,β-unsaturated/α-hetero) is 1. The summed E-state index contributed by atoms with van der Waals surface area (Å²) in [5.74, 6) is 1.75. The first kappa shape index (κ1) is 52.4. The van der Waals surface area contributed by atoms with Gasteiger partial charge in [-0.1, -0.05) is 96.3 Å². The number of unbranched alkanes of at least 4 members (excludes halogenated alkanes) is 10. The molecule has 0 bridgehead atoms. The van der Waals surface area contributed by atoms with Crippen LogP contribution in [0.3, 0.4) is 0 Å². The first-order valence-electron chi connectivity index (χ1n) is 22.5. The molecule has 2 rings (SSSR count). The zero-order chi connectivity index (χ0) is 44.9. The number of allylic oxidation sites excluding steroid dienone is 1. The Morgan fingerprint density at radius 1 is 0.557 bits per heavy atom.